The maximum atomic E-state index is 13.2. The number of aryl methyl sites for hydroxylation is 1. The van der Waals surface area contributed by atoms with E-state index in [1.807, 2.05) is 42.2 Å². The first-order valence-corrected chi connectivity index (χ1v) is 10.3. The fourth-order valence-electron chi connectivity index (χ4n) is 4.53. The predicted molar refractivity (Wildman–Crippen MR) is 113 cm³/mol. The smallest absolute Gasteiger partial charge is 0.247 e. The van der Waals surface area contributed by atoms with Gasteiger partial charge in [0.25, 0.3) is 0 Å². The fraction of sp³-hybridized carbons (Fsp3) is 0.348. The van der Waals surface area contributed by atoms with Crippen molar-refractivity contribution < 1.29 is 9.59 Å². The van der Waals surface area contributed by atoms with E-state index in [0.29, 0.717) is 19.6 Å². The third-order valence-electron chi connectivity index (χ3n) is 6.05. The highest BCUT2D eigenvalue weighted by Crippen LogP contribution is 2.22. The van der Waals surface area contributed by atoms with Crippen molar-refractivity contribution in [1.82, 2.24) is 24.3 Å². The quantitative estimate of drug-likeness (QED) is 0.664. The van der Waals surface area contributed by atoms with Crippen LogP contribution in [0.25, 0.3) is 10.9 Å². The van der Waals surface area contributed by atoms with Gasteiger partial charge >= 0.3 is 0 Å². The summed E-state index contributed by atoms with van der Waals surface area (Å²) in [7, 11) is 1.95. The highest BCUT2D eigenvalue weighted by atomic mass is 16.2. The zero-order valence-corrected chi connectivity index (χ0v) is 17.1. The molecule has 30 heavy (non-hydrogen) atoms. The van der Waals surface area contributed by atoms with Gasteiger partial charge in [0.2, 0.25) is 11.8 Å². The van der Waals surface area contributed by atoms with Crippen molar-refractivity contribution in [3.8, 4) is 0 Å². The van der Waals surface area contributed by atoms with Crippen LogP contribution in [0, 0.1) is 0 Å². The van der Waals surface area contributed by atoms with E-state index in [9.17, 15) is 9.59 Å². The van der Waals surface area contributed by atoms with Crippen molar-refractivity contribution in [3.05, 3.63) is 66.1 Å². The molecule has 0 N–H and O–H groups in total. The molecule has 0 radical (unpaired) electrons. The molecule has 0 bridgehead atoms. The van der Waals surface area contributed by atoms with Crippen molar-refractivity contribution >= 4 is 22.7 Å². The van der Waals surface area contributed by atoms with Gasteiger partial charge in [-0.3, -0.25) is 19.5 Å². The van der Waals surface area contributed by atoms with E-state index in [2.05, 4.69) is 28.1 Å². The number of aromatic nitrogens is 2. The fourth-order valence-corrected chi connectivity index (χ4v) is 4.53. The van der Waals surface area contributed by atoms with Gasteiger partial charge in [-0.25, -0.2) is 0 Å². The molecule has 2 aliphatic rings. The highest BCUT2D eigenvalue weighted by molar-refractivity contribution is 5.95. The Balaban J connectivity index is 1.30. The molecule has 1 atom stereocenters. The molecule has 7 heteroatoms. The van der Waals surface area contributed by atoms with Crippen LogP contribution in [-0.4, -0.2) is 68.3 Å². The molecule has 7 nitrogen and oxygen atoms in total. The zero-order chi connectivity index (χ0) is 20.7. The van der Waals surface area contributed by atoms with Crippen LogP contribution >= 0.6 is 0 Å². The number of piperazine rings is 2. The van der Waals surface area contributed by atoms with E-state index >= 15 is 0 Å². The van der Waals surface area contributed by atoms with E-state index in [4.69, 9.17) is 0 Å². The van der Waals surface area contributed by atoms with Crippen molar-refractivity contribution in [2.24, 2.45) is 7.05 Å². The third-order valence-corrected chi connectivity index (χ3v) is 6.05. The van der Waals surface area contributed by atoms with Gasteiger partial charge in [-0.1, -0.05) is 12.1 Å². The largest absolute Gasteiger partial charge is 0.357 e. The Kier molecular flexibility index (Phi) is 4.75. The number of hydrogen-bond acceptors (Lipinski definition) is 4. The van der Waals surface area contributed by atoms with Gasteiger partial charge in [0.1, 0.15) is 12.6 Å². The molecule has 2 aliphatic heterocycles. The summed E-state index contributed by atoms with van der Waals surface area (Å²) in [5, 5.41) is 1.12. The van der Waals surface area contributed by atoms with Gasteiger partial charge < -0.3 is 14.4 Å². The van der Waals surface area contributed by atoms with Gasteiger partial charge in [-0.05, 0) is 35.4 Å². The van der Waals surface area contributed by atoms with Crippen LogP contribution in [0.4, 0.5) is 0 Å². The summed E-state index contributed by atoms with van der Waals surface area (Å²) in [6, 6.07) is 11.9. The maximum Gasteiger partial charge on any atom is 0.247 e. The Bertz CT molecular complexity index is 1110. The lowest BCUT2D eigenvalue weighted by molar-refractivity contribution is -0.160. The monoisotopic (exact) mass is 403 g/mol. The summed E-state index contributed by atoms with van der Waals surface area (Å²) in [4.78, 5) is 36.0. The van der Waals surface area contributed by atoms with E-state index in [1.165, 1.54) is 5.56 Å². The van der Waals surface area contributed by atoms with Gasteiger partial charge in [-0.15, -0.1) is 0 Å². The molecule has 1 aromatic carbocycles. The molecule has 2 saturated heterocycles. The number of pyridine rings is 1. The molecular formula is C23H25N5O2. The van der Waals surface area contributed by atoms with Crippen LogP contribution in [-0.2, 0) is 29.7 Å². The summed E-state index contributed by atoms with van der Waals surface area (Å²) in [5.41, 5.74) is 3.22. The van der Waals surface area contributed by atoms with Crippen LogP contribution in [0.15, 0.2) is 55.0 Å². The number of hydrogen-bond donors (Lipinski definition) is 0. The van der Waals surface area contributed by atoms with Crippen LogP contribution < -0.4 is 0 Å². The molecule has 1 unspecified atom stereocenters. The van der Waals surface area contributed by atoms with Crippen molar-refractivity contribution in [2.75, 3.05) is 26.2 Å². The Morgan fingerprint density at radius 1 is 1.07 bits per heavy atom. The summed E-state index contributed by atoms with van der Waals surface area (Å²) in [6.45, 7) is 3.36. The first-order valence-electron chi connectivity index (χ1n) is 10.3. The Labute approximate surface area is 175 Å². The molecule has 0 spiro atoms. The molecule has 2 amide bonds. The molecule has 3 aromatic rings. The second kappa shape index (κ2) is 7.57. The van der Waals surface area contributed by atoms with E-state index < -0.39 is 6.04 Å². The molecule has 154 valence electrons. The number of carbonyl (C=O) groups excluding carboxylic acids is 2. The normalized spacial score (nSPS) is 20.1. The van der Waals surface area contributed by atoms with E-state index in [1.54, 1.807) is 16.0 Å². The first-order chi connectivity index (χ1) is 14.6. The Morgan fingerprint density at radius 2 is 1.97 bits per heavy atom. The molecule has 5 rings (SSSR count). The first kappa shape index (κ1) is 18.8. The molecule has 0 saturated carbocycles. The minimum absolute atomic E-state index is 0.0471. The van der Waals surface area contributed by atoms with Crippen LogP contribution in [0.2, 0.25) is 0 Å². The molecular weight excluding hydrogens is 378 g/mol. The number of benzene rings is 1. The average molecular weight is 403 g/mol. The molecule has 2 aromatic heterocycles. The number of amides is 2. The molecule has 2 fully saturated rings. The number of rotatable bonds is 4. The molecule has 4 heterocycles. The zero-order valence-electron chi connectivity index (χ0n) is 17.1. The maximum absolute atomic E-state index is 13.2. The van der Waals surface area contributed by atoms with Crippen LogP contribution in [0.1, 0.15) is 11.1 Å². The Morgan fingerprint density at radius 3 is 2.80 bits per heavy atom. The third kappa shape index (κ3) is 3.57. The van der Waals surface area contributed by atoms with Gasteiger partial charge in [0.15, 0.2) is 0 Å². The minimum Gasteiger partial charge on any atom is -0.357 e. The van der Waals surface area contributed by atoms with E-state index in [0.717, 1.165) is 29.6 Å². The lowest BCUT2D eigenvalue weighted by Crippen LogP contribution is -2.66. The van der Waals surface area contributed by atoms with Crippen LogP contribution in [0.5, 0.6) is 0 Å². The standard InChI is InChI=1S/C23H25N5O2/c1-25-8-6-18(12-25)14-27-16-22(29)28-10-9-26(15-21(28)23(27)30)13-17-4-5-20-19(11-17)3-2-7-24-20/h2-8,11-12,21H,9-10,13-16H2,1H3. The Hall–Kier alpha value is -3.19. The lowest BCUT2D eigenvalue weighted by Gasteiger charge is -2.46. The van der Waals surface area contributed by atoms with Gasteiger partial charge in [0.05, 0.1) is 5.52 Å². The summed E-state index contributed by atoms with van der Waals surface area (Å²) < 4.78 is 1.96. The second-order valence-corrected chi connectivity index (χ2v) is 8.25. The summed E-state index contributed by atoms with van der Waals surface area (Å²) in [6.07, 6.45) is 5.75. The van der Waals surface area contributed by atoms with Gasteiger partial charge in [0, 0.05) is 63.7 Å². The van der Waals surface area contributed by atoms with Gasteiger partial charge in [-0.2, -0.15) is 0 Å². The van der Waals surface area contributed by atoms with Crippen LogP contribution in [0.3, 0.4) is 0 Å². The number of fused-ring (bicyclic) bond motifs is 2. The molecule has 0 aliphatic carbocycles. The summed E-state index contributed by atoms with van der Waals surface area (Å²) >= 11 is 0. The predicted octanol–water partition coefficient (Wildman–Crippen LogP) is 1.63. The summed E-state index contributed by atoms with van der Waals surface area (Å²) in [5.74, 6) is 0.0952. The van der Waals surface area contributed by atoms with Crippen molar-refractivity contribution in [1.29, 1.82) is 0 Å². The highest BCUT2D eigenvalue weighted by Gasteiger charge is 2.42. The second-order valence-electron chi connectivity index (χ2n) is 8.25. The lowest BCUT2D eigenvalue weighted by atomic mass is 10.0. The number of nitrogens with zero attached hydrogens (tertiary/aromatic N) is 5. The van der Waals surface area contributed by atoms with Crippen molar-refractivity contribution in [2.45, 2.75) is 19.1 Å². The number of carbonyl (C=O) groups is 2. The topological polar surface area (TPSA) is 61.7 Å². The minimum atomic E-state index is -0.397. The van der Waals surface area contributed by atoms with E-state index in [-0.39, 0.29) is 18.4 Å². The van der Waals surface area contributed by atoms with Crippen molar-refractivity contribution in [3.63, 3.8) is 0 Å². The average Bonchev–Trinajstić information content (AvgIpc) is 3.16. The SMILES string of the molecule is Cn1ccc(CN2CC(=O)N3CCN(Cc4ccc5ncccc5c4)CC3C2=O)c1.